The van der Waals surface area contributed by atoms with Gasteiger partial charge in [0.2, 0.25) is 17.7 Å². The van der Waals surface area contributed by atoms with Gasteiger partial charge in [-0.05, 0) is 38.0 Å². The molecule has 0 fully saturated rings. The number of thiazole rings is 1. The van der Waals surface area contributed by atoms with Gasteiger partial charge < -0.3 is 25.2 Å². The molecule has 42 heavy (non-hydrogen) atoms. The van der Waals surface area contributed by atoms with Crippen LogP contribution < -0.4 is 15.4 Å². The summed E-state index contributed by atoms with van der Waals surface area (Å²) in [5.41, 5.74) is 2.06. The Labute approximate surface area is 250 Å². The van der Waals surface area contributed by atoms with Crippen molar-refractivity contribution < 1.29 is 23.9 Å². The van der Waals surface area contributed by atoms with E-state index >= 15 is 0 Å². The van der Waals surface area contributed by atoms with E-state index in [1.807, 2.05) is 49.6 Å². The van der Waals surface area contributed by atoms with Crippen molar-refractivity contribution >= 4 is 35.0 Å². The van der Waals surface area contributed by atoms with E-state index in [0.717, 1.165) is 16.3 Å². The van der Waals surface area contributed by atoms with Crippen molar-refractivity contribution in [3.8, 4) is 5.75 Å². The molecule has 4 amide bonds. The first-order valence-corrected chi connectivity index (χ1v) is 15.0. The summed E-state index contributed by atoms with van der Waals surface area (Å²) in [6, 6.07) is 14.9. The molecule has 4 rings (SSSR count). The first-order valence-electron chi connectivity index (χ1n) is 14.1. The monoisotopic (exact) mass is 591 g/mol. The fourth-order valence-electron chi connectivity index (χ4n) is 4.65. The van der Waals surface area contributed by atoms with Crippen molar-refractivity contribution in [1.82, 2.24) is 25.4 Å². The van der Waals surface area contributed by atoms with Gasteiger partial charge in [-0.15, -0.1) is 11.3 Å². The Hall–Kier alpha value is -4.25. The summed E-state index contributed by atoms with van der Waals surface area (Å²) < 4.78 is 5.91. The fourth-order valence-corrected chi connectivity index (χ4v) is 5.46. The number of hydrogen-bond donors (Lipinski definition) is 2. The highest BCUT2D eigenvalue weighted by Crippen LogP contribution is 2.19. The Kier molecular flexibility index (Phi) is 11.0. The molecule has 0 aliphatic carbocycles. The third kappa shape index (κ3) is 8.62. The lowest BCUT2D eigenvalue weighted by Crippen LogP contribution is -2.51. The molecule has 1 aliphatic rings. The minimum Gasteiger partial charge on any atom is -0.491 e. The number of nitrogens with one attached hydrogen (secondary N) is 2. The zero-order chi connectivity index (χ0) is 29.9. The lowest BCUT2D eigenvalue weighted by Gasteiger charge is -2.29. The number of benzene rings is 2. The van der Waals surface area contributed by atoms with Gasteiger partial charge in [-0.1, -0.05) is 42.5 Å². The number of carbonyl (C=O) groups is 4. The molecular formula is C31H37N5O5S. The number of nitrogens with zero attached hydrogens (tertiary/aromatic N) is 3. The van der Waals surface area contributed by atoms with E-state index in [-0.39, 0.29) is 37.6 Å². The van der Waals surface area contributed by atoms with Gasteiger partial charge in [0.15, 0.2) is 0 Å². The Bertz CT molecular complexity index is 1380. The van der Waals surface area contributed by atoms with E-state index in [1.54, 1.807) is 40.5 Å². The second-order valence-corrected chi connectivity index (χ2v) is 11.0. The largest absolute Gasteiger partial charge is 0.491 e. The number of para-hydroxylation sites is 1. The molecule has 1 aromatic heterocycles. The van der Waals surface area contributed by atoms with Crippen molar-refractivity contribution in [2.75, 3.05) is 32.8 Å². The molecule has 1 atom stereocenters. The molecule has 0 bridgehead atoms. The minimum absolute atomic E-state index is 0.159. The quantitative estimate of drug-likeness (QED) is 0.389. The highest BCUT2D eigenvalue weighted by molar-refractivity contribution is 7.09. The van der Waals surface area contributed by atoms with Gasteiger partial charge >= 0.3 is 0 Å². The Balaban J connectivity index is 1.56. The highest BCUT2D eigenvalue weighted by atomic mass is 32.1. The zero-order valence-corrected chi connectivity index (χ0v) is 24.8. The number of aromatic nitrogens is 1. The minimum atomic E-state index is -1.15. The van der Waals surface area contributed by atoms with E-state index in [9.17, 15) is 19.2 Å². The maximum Gasteiger partial charge on any atom is 0.255 e. The smallest absolute Gasteiger partial charge is 0.255 e. The van der Waals surface area contributed by atoms with Gasteiger partial charge in [0.05, 0.1) is 23.5 Å². The maximum absolute atomic E-state index is 13.7. The third-order valence-electron chi connectivity index (χ3n) is 6.91. The van der Waals surface area contributed by atoms with Crippen molar-refractivity contribution in [2.45, 2.75) is 45.7 Å². The Morgan fingerprint density at radius 3 is 2.57 bits per heavy atom. The molecule has 2 N–H and O–H groups in total. The molecule has 2 heterocycles. The summed E-state index contributed by atoms with van der Waals surface area (Å²) >= 11 is 1.58. The van der Waals surface area contributed by atoms with E-state index in [0.29, 0.717) is 38.2 Å². The maximum atomic E-state index is 13.7. The molecule has 10 nitrogen and oxygen atoms in total. The molecule has 0 saturated heterocycles. The van der Waals surface area contributed by atoms with E-state index in [1.165, 1.54) is 4.90 Å². The number of hydrogen-bond acceptors (Lipinski definition) is 7. The summed E-state index contributed by atoms with van der Waals surface area (Å²) in [6.07, 6.45) is 1.06. The van der Waals surface area contributed by atoms with Crippen molar-refractivity contribution in [3.05, 3.63) is 81.8 Å². The lowest BCUT2D eigenvalue weighted by molar-refractivity contribution is -0.142. The normalized spacial score (nSPS) is 16.7. The van der Waals surface area contributed by atoms with Gasteiger partial charge in [-0.3, -0.25) is 19.2 Å². The van der Waals surface area contributed by atoms with Gasteiger partial charge in [0.1, 0.15) is 24.9 Å². The number of carbonyl (C=O) groups excluding carboxylic acids is 4. The van der Waals surface area contributed by atoms with Gasteiger partial charge in [0, 0.05) is 37.1 Å². The number of amides is 4. The SMILES string of the molecule is CCN1CCOc2ccccc2C(=O)N[C@H](C(=O)NCCCc2nc(C)cs2)CC(=O)N(Cc2ccccc2)CC1=O. The average Bonchev–Trinajstić information content (AvgIpc) is 3.41. The summed E-state index contributed by atoms with van der Waals surface area (Å²) in [4.78, 5) is 61.3. The second kappa shape index (κ2) is 15.1. The van der Waals surface area contributed by atoms with Crippen LogP contribution in [0.5, 0.6) is 5.75 Å². The van der Waals surface area contributed by atoms with Crippen LogP contribution in [0.3, 0.4) is 0 Å². The first kappa shape index (κ1) is 30.7. The van der Waals surface area contributed by atoms with Crippen molar-refractivity contribution in [3.63, 3.8) is 0 Å². The second-order valence-electron chi connectivity index (χ2n) is 10.1. The number of rotatable bonds is 8. The van der Waals surface area contributed by atoms with E-state index in [2.05, 4.69) is 15.6 Å². The number of ether oxygens (including phenoxy) is 1. The lowest BCUT2D eigenvalue weighted by atomic mass is 10.1. The molecule has 0 saturated carbocycles. The van der Waals surface area contributed by atoms with Crippen LogP contribution in [0, 0.1) is 6.92 Å². The molecule has 0 spiro atoms. The van der Waals surface area contributed by atoms with Crippen LogP contribution in [0.1, 0.15) is 46.4 Å². The topological polar surface area (TPSA) is 121 Å². The molecule has 1 aliphatic heterocycles. The predicted octanol–water partition coefficient (Wildman–Crippen LogP) is 2.96. The molecule has 3 aromatic rings. The fraction of sp³-hybridized carbons (Fsp3) is 0.387. The van der Waals surface area contributed by atoms with Gasteiger partial charge in [-0.2, -0.15) is 0 Å². The Morgan fingerprint density at radius 2 is 1.83 bits per heavy atom. The molecule has 222 valence electrons. The standard InChI is InChI=1S/C31H37N5O5S/c1-3-35-16-17-41-26-13-8-7-12-24(26)30(39)34-25(31(40)32-15-9-14-27-33-22(2)21-42-27)18-28(37)36(20-29(35)38)19-23-10-5-4-6-11-23/h4-8,10-13,21,25H,3,9,14-20H2,1-2H3,(H,32,40)(H,34,39)/t25-/m0/s1. The molecule has 0 radical (unpaired) electrons. The summed E-state index contributed by atoms with van der Waals surface area (Å²) in [5, 5.41) is 8.59. The van der Waals surface area contributed by atoms with Gasteiger partial charge in [0.25, 0.3) is 5.91 Å². The molecule has 0 unspecified atom stereocenters. The first-order chi connectivity index (χ1) is 20.3. The molecule has 11 heteroatoms. The molecular weight excluding hydrogens is 554 g/mol. The highest BCUT2D eigenvalue weighted by Gasteiger charge is 2.30. The summed E-state index contributed by atoms with van der Waals surface area (Å²) in [6.45, 7) is 5.09. The predicted molar refractivity (Wildman–Crippen MR) is 160 cm³/mol. The van der Waals surface area contributed by atoms with Crippen molar-refractivity contribution in [1.29, 1.82) is 0 Å². The third-order valence-corrected chi connectivity index (χ3v) is 7.94. The van der Waals surface area contributed by atoms with Gasteiger partial charge in [-0.25, -0.2) is 4.98 Å². The summed E-state index contributed by atoms with van der Waals surface area (Å²) in [7, 11) is 0. The number of aryl methyl sites for hydroxylation is 2. The van der Waals surface area contributed by atoms with Crippen molar-refractivity contribution in [2.24, 2.45) is 0 Å². The van der Waals surface area contributed by atoms with Crippen LogP contribution in [-0.4, -0.2) is 77.2 Å². The van der Waals surface area contributed by atoms with Crippen LogP contribution in [0.4, 0.5) is 0 Å². The van der Waals surface area contributed by atoms with E-state index < -0.39 is 23.8 Å². The van der Waals surface area contributed by atoms with Crippen LogP contribution in [-0.2, 0) is 27.3 Å². The van der Waals surface area contributed by atoms with Crippen LogP contribution in [0.15, 0.2) is 60.0 Å². The van der Waals surface area contributed by atoms with E-state index in [4.69, 9.17) is 4.74 Å². The van der Waals surface area contributed by atoms with Crippen LogP contribution in [0.25, 0.3) is 0 Å². The zero-order valence-electron chi connectivity index (χ0n) is 24.0. The summed E-state index contributed by atoms with van der Waals surface area (Å²) in [5.74, 6) is -1.29. The molecule has 2 aromatic carbocycles. The number of likely N-dealkylation sites (N-methyl/N-ethyl adjacent to an activating group) is 1. The van der Waals surface area contributed by atoms with Crippen LogP contribution >= 0.6 is 11.3 Å². The number of fused-ring (bicyclic) bond motifs is 1. The average molecular weight is 592 g/mol. The van der Waals surface area contributed by atoms with Crippen LogP contribution in [0.2, 0.25) is 0 Å². The Morgan fingerprint density at radius 1 is 1.07 bits per heavy atom.